The van der Waals surface area contributed by atoms with E-state index >= 15 is 0 Å². The summed E-state index contributed by atoms with van der Waals surface area (Å²) in [6.45, 7) is 0.623. The normalized spacial score (nSPS) is 13.9. The van der Waals surface area contributed by atoms with Crippen LogP contribution in [0.2, 0.25) is 0 Å². The lowest BCUT2D eigenvalue weighted by Crippen LogP contribution is -2.26. The van der Waals surface area contributed by atoms with Crippen molar-refractivity contribution in [1.29, 1.82) is 10.7 Å². The quantitative estimate of drug-likeness (QED) is 0.683. The molecule has 0 aliphatic carbocycles. The Morgan fingerprint density at radius 2 is 1.89 bits per heavy atom. The molecule has 4 rings (SSSR count). The molecule has 0 unspecified atom stereocenters. The van der Waals surface area contributed by atoms with Gasteiger partial charge in [0.05, 0.1) is 29.4 Å². The van der Waals surface area contributed by atoms with Gasteiger partial charge >= 0.3 is 0 Å². The Kier molecular flexibility index (Phi) is 4.63. The van der Waals surface area contributed by atoms with Crippen molar-refractivity contribution in [3.05, 3.63) is 81.6 Å². The number of amidine groups is 1. The molecule has 7 heteroatoms. The van der Waals surface area contributed by atoms with E-state index in [2.05, 4.69) is 11.1 Å². The van der Waals surface area contributed by atoms with Gasteiger partial charge in [0.1, 0.15) is 22.4 Å². The number of nitrogens with zero attached hydrogens (tertiary/aromatic N) is 3. The number of nitrogens with one attached hydrogen (secondary N) is 1. The summed E-state index contributed by atoms with van der Waals surface area (Å²) in [7, 11) is 0. The number of hydrogen-bond acceptors (Lipinski definition) is 5. The third-order valence-corrected chi connectivity index (χ3v) is 5.36. The highest BCUT2D eigenvalue weighted by Crippen LogP contribution is 2.32. The lowest BCUT2D eigenvalue weighted by atomic mass is 10.1. The summed E-state index contributed by atoms with van der Waals surface area (Å²) in [4.78, 5) is 6.30. The van der Waals surface area contributed by atoms with Gasteiger partial charge in [-0.15, -0.1) is 11.3 Å². The number of nitriles is 1. The minimum Gasteiger partial charge on any atom is -0.510 e. The number of aliphatic hydroxyl groups is 1. The van der Waals surface area contributed by atoms with Crippen LogP contribution in [0.15, 0.2) is 59.7 Å². The van der Waals surface area contributed by atoms with Crippen molar-refractivity contribution >= 4 is 22.7 Å². The zero-order chi connectivity index (χ0) is 19.7. The first-order valence-corrected chi connectivity index (χ1v) is 9.40. The van der Waals surface area contributed by atoms with Crippen LogP contribution in [0, 0.1) is 22.6 Å². The highest BCUT2D eigenvalue weighted by Gasteiger charge is 2.30. The van der Waals surface area contributed by atoms with Gasteiger partial charge in [-0.05, 0) is 29.8 Å². The first kappa shape index (κ1) is 17.9. The monoisotopic (exact) mass is 390 g/mol. The molecule has 0 atom stereocenters. The summed E-state index contributed by atoms with van der Waals surface area (Å²) in [5.41, 5.74) is 3.46. The maximum atomic E-state index is 13.1. The highest BCUT2D eigenvalue weighted by molar-refractivity contribution is 7.11. The number of aliphatic hydroxyl groups excluding tert-OH is 1. The van der Waals surface area contributed by atoms with Gasteiger partial charge in [-0.1, -0.05) is 24.3 Å². The molecule has 3 aromatic rings. The van der Waals surface area contributed by atoms with E-state index in [4.69, 9.17) is 10.7 Å². The largest absolute Gasteiger partial charge is 0.510 e. The second-order valence-corrected chi connectivity index (χ2v) is 7.24. The Bertz CT molecular complexity index is 1110. The van der Waals surface area contributed by atoms with Crippen molar-refractivity contribution < 1.29 is 9.50 Å². The van der Waals surface area contributed by atoms with Crippen LogP contribution in [0.3, 0.4) is 0 Å². The number of halogens is 1. The standard InChI is InChI=1S/C21H15FN4OS/c22-16-7-3-14(4-8-16)10-26-11-18(27)19(20(26)24)21-25-17(12-28-21)15-5-1-13(9-23)2-6-15/h1-8,12,24,27H,10-11H2. The topological polar surface area (TPSA) is 84.0 Å². The fourth-order valence-electron chi connectivity index (χ4n) is 3.04. The van der Waals surface area contributed by atoms with Gasteiger partial charge in [0.15, 0.2) is 0 Å². The van der Waals surface area contributed by atoms with E-state index in [1.54, 1.807) is 29.2 Å². The maximum absolute atomic E-state index is 13.1. The summed E-state index contributed by atoms with van der Waals surface area (Å²) in [6.07, 6.45) is 0. The second-order valence-electron chi connectivity index (χ2n) is 6.38. The van der Waals surface area contributed by atoms with Crippen molar-refractivity contribution in [3.63, 3.8) is 0 Å². The van der Waals surface area contributed by atoms with Gasteiger partial charge in [0.2, 0.25) is 0 Å². The Morgan fingerprint density at radius 1 is 1.18 bits per heavy atom. The number of benzene rings is 2. The van der Waals surface area contributed by atoms with Crippen LogP contribution in [-0.4, -0.2) is 27.4 Å². The van der Waals surface area contributed by atoms with Crippen molar-refractivity contribution in [2.24, 2.45) is 0 Å². The van der Waals surface area contributed by atoms with Crippen LogP contribution in [0.5, 0.6) is 0 Å². The van der Waals surface area contributed by atoms with E-state index in [-0.39, 0.29) is 24.0 Å². The molecule has 0 fully saturated rings. The molecule has 2 aromatic carbocycles. The minimum absolute atomic E-state index is 0.104. The lowest BCUT2D eigenvalue weighted by Gasteiger charge is -2.18. The number of hydrogen-bond donors (Lipinski definition) is 2. The van der Waals surface area contributed by atoms with Gasteiger partial charge in [-0.3, -0.25) is 5.41 Å². The third-order valence-electron chi connectivity index (χ3n) is 4.50. The van der Waals surface area contributed by atoms with Crippen LogP contribution in [0.25, 0.3) is 16.8 Å². The molecule has 0 saturated heterocycles. The number of aromatic nitrogens is 1. The van der Waals surface area contributed by atoms with Crippen molar-refractivity contribution in [3.8, 4) is 17.3 Å². The number of rotatable bonds is 4. The van der Waals surface area contributed by atoms with Crippen LogP contribution in [-0.2, 0) is 6.54 Å². The summed E-state index contributed by atoms with van der Waals surface area (Å²) >= 11 is 1.36. The van der Waals surface area contributed by atoms with Gasteiger partial charge in [0, 0.05) is 17.5 Å². The Morgan fingerprint density at radius 3 is 2.57 bits per heavy atom. The minimum atomic E-state index is -0.306. The first-order chi connectivity index (χ1) is 13.5. The molecule has 5 nitrogen and oxygen atoms in total. The average Bonchev–Trinajstić information content (AvgIpc) is 3.28. The van der Waals surface area contributed by atoms with E-state index in [1.807, 2.05) is 17.5 Å². The van der Waals surface area contributed by atoms with Gasteiger partial charge in [-0.25, -0.2) is 9.37 Å². The van der Waals surface area contributed by atoms with Crippen LogP contribution in [0.4, 0.5) is 4.39 Å². The molecule has 2 heterocycles. The first-order valence-electron chi connectivity index (χ1n) is 8.52. The second kappa shape index (κ2) is 7.25. The average molecular weight is 390 g/mol. The van der Waals surface area contributed by atoms with E-state index in [0.29, 0.717) is 22.7 Å². The molecule has 0 bridgehead atoms. The molecule has 0 saturated carbocycles. The van der Waals surface area contributed by atoms with E-state index in [0.717, 1.165) is 16.8 Å². The molecule has 2 N–H and O–H groups in total. The zero-order valence-corrected chi connectivity index (χ0v) is 15.5. The highest BCUT2D eigenvalue weighted by atomic mass is 32.1. The molecular weight excluding hydrogens is 375 g/mol. The molecule has 1 aromatic heterocycles. The summed E-state index contributed by atoms with van der Waals surface area (Å²) < 4.78 is 13.1. The molecule has 1 aliphatic heterocycles. The number of thiazole rings is 1. The SMILES string of the molecule is N#Cc1ccc(-c2csc(C3=C(O)CN(Cc4ccc(F)cc4)C3=N)n2)cc1. The molecule has 138 valence electrons. The predicted octanol–water partition coefficient (Wildman–Crippen LogP) is 4.58. The molecule has 0 radical (unpaired) electrons. The van der Waals surface area contributed by atoms with E-state index in [9.17, 15) is 9.50 Å². The van der Waals surface area contributed by atoms with Gasteiger partial charge in [-0.2, -0.15) is 5.26 Å². The van der Waals surface area contributed by atoms with Crippen LogP contribution in [0.1, 0.15) is 16.1 Å². The van der Waals surface area contributed by atoms with E-state index < -0.39 is 0 Å². The Labute approximate surface area is 165 Å². The predicted molar refractivity (Wildman–Crippen MR) is 106 cm³/mol. The molecular formula is C21H15FN4OS. The van der Waals surface area contributed by atoms with Crippen LogP contribution >= 0.6 is 11.3 Å². The fraction of sp³-hybridized carbons (Fsp3) is 0.0952. The Balaban J connectivity index is 1.55. The lowest BCUT2D eigenvalue weighted by molar-refractivity contribution is 0.347. The van der Waals surface area contributed by atoms with Crippen molar-refractivity contribution in [2.75, 3.05) is 6.54 Å². The van der Waals surface area contributed by atoms with Gasteiger partial charge < -0.3 is 10.0 Å². The van der Waals surface area contributed by atoms with Crippen LogP contribution < -0.4 is 0 Å². The fourth-order valence-corrected chi connectivity index (χ4v) is 3.94. The third kappa shape index (κ3) is 3.38. The molecule has 1 aliphatic rings. The zero-order valence-electron chi connectivity index (χ0n) is 14.7. The molecule has 0 spiro atoms. The summed E-state index contributed by atoms with van der Waals surface area (Å²) in [5, 5.41) is 30.2. The molecule has 0 amide bonds. The van der Waals surface area contributed by atoms with Crippen molar-refractivity contribution in [2.45, 2.75) is 6.54 Å². The Hall–Kier alpha value is -3.50. The van der Waals surface area contributed by atoms with Crippen molar-refractivity contribution in [1.82, 2.24) is 9.88 Å². The van der Waals surface area contributed by atoms with Gasteiger partial charge in [0.25, 0.3) is 0 Å². The molecule has 28 heavy (non-hydrogen) atoms. The summed E-state index contributed by atoms with van der Waals surface area (Å²) in [5.74, 6) is -0.00424. The summed E-state index contributed by atoms with van der Waals surface area (Å²) in [6, 6.07) is 15.3. The maximum Gasteiger partial charge on any atom is 0.135 e. The smallest absolute Gasteiger partial charge is 0.135 e. The van der Waals surface area contributed by atoms with E-state index in [1.165, 1.54) is 23.5 Å².